The van der Waals surface area contributed by atoms with E-state index in [1.165, 1.54) is 0 Å². The minimum absolute atomic E-state index is 0.00327. The molecule has 3 fully saturated rings. The molecule has 0 radical (unpaired) electrons. The zero-order valence-electron chi connectivity index (χ0n) is 20.0. The van der Waals surface area contributed by atoms with Gasteiger partial charge in [-0.3, -0.25) is 9.59 Å². The molecule has 34 heavy (non-hydrogen) atoms. The molecule has 1 aromatic rings. The van der Waals surface area contributed by atoms with E-state index in [2.05, 4.69) is 6.92 Å². The van der Waals surface area contributed by atoms with E-state index in [4.69, 9.17) is 4.74 Å². The smallest absolute Gasteiger partial charge is 0.339 e. The van der Waals surface area contributed by atoms with Crippen molar-refractivity contribution in [2.45, 2.75) is 70.5 Å². The number of Topliss-reactive ketones (excluding diaryl/α,β-unsaturated/α-hetero) is 1. The molecule has 0 amide bonds. The second-order valence-corrected chi connectivity index (χ2v) is 11.3. The number of hydrogen-bond donors (Lipinski definition) is 2. The van der Waals surface area contributed by atoms with Crippen LogP contribution in [0.1, 0.15) is 69.2 Å². The summed E-state index contributed by atoms with van der Waals surface area (Å²) in [5.41, 5.74) is -0.963. The topological polar surface area (TPSA) is 101 Å². The Balaban J connectivity index is 1.53. The van der Waals surface area contributed by atoms with Gasteiger partial charge in [-0.25, -0.2) is 4.79 Å². The molecule has 5 rings (SSSR count). The van der Waals surface area contributed by atoms with Gasteiger partial charge in [0.1, 0.15) is 6.61 Å². The molecule has 182 valence electrons. The van der Waals surface area contributed by atoms with Gasteiger partial charge < -0.3 is 14.9 Å². The van der Waals surface area contributed by atoms with Gasteiger partial charge in [0.15, 0.2) is 11.4 Å². The van der Waals surface area contributed by atoms with Crippen LogP contribution in [0.4, 0.5) is 0 Å². The van der Waals surface area contributed by atoms with Crippen molar-refractivity contribution in [3.8, 4) is 0 Å². The standard InChI is InChI=1S/C28H34O6/c1-26-12-10-19(30)14-18(26)8-9-20-21-11-13-28(23(32)16-29,27(21,2)15-22(31)24(20)26)34-25(33)17-6-4-3-5-7-17/h3-7,14,20-22,24,29,31H,8-13,15-16H2,1-2H3/t20-,21-,22-,24+,26-,27-,28+/m0/s1. The first-order valence-electron chi connectivity index (χ1n) is 12.5. The largest absolute Gasteiger partial charge is 0.447 e. The van der Waals surface area contributed by atoms with Crippen molar-refractivity contribution in [3.63, 3.8) is 0 Å². The van der Waals surface area contributed by atoms with Crippen LogP contribution in [0.15, 0.2) is 42.0 Å². The Morgan fingerprint density at radius 1 is 1.09 bits per heavy atom. The minimum Gasteiger partial charge on any atom is -0.447 e. The number of ether oxygens (including phenoxy) is 1. The molecule has 0 spiro atoms. The number of hydrogen-bond acceptors (Lipinski definition) is 6. The minimum atomic E-state index is -1.47. The van der Waals surface area contributed by atoms with Crippen LogP contribution in [0.3, 0.4) is 0 Å². The molecule has 0 unspecified atom stereocenters. The molecule has 0 bridgehead atoms. The van der Waals surface area contributed by atoms with Gasteiger partial charge in [0, 0.05) is 11.8 Å². The molecule has 4 aliphatic rings. The number of carbonyl (C=O) groups is 3. The number of rotatable bonds is 4. The monoisotopic (exact) mass is 466 g/mol. The molecular formula is C28H34O6. The lowest BCUT2D eigenvalue weighted by Gasteiger charge is -2.60. The Kier molecular flexibility index (Phi) is 5.60. The molecule has 6 heteroatoms. The summed E-state index contributed by atoms with van der Waals surface area (Å²) >= 11 is 0. The van der Waals surface area contributed by atoms with Crippen LogP contribution in [-0.2, 0) is 14.3 Å². The van der Waals surface area contributed by atoms with E-state index in [-0.39, 0.29) is 29.0 Å². The Morgan fingerprint density at radius 3 is 2.53 bits per heavy atom. The number of allylic oxidation sites excluding steroid dienone is 1. The number of esters is 1. The van der Waals surface area contributed by atoms with Crippen molar-refractivity contribution in [3.05, 3.63) is 47.5 Å². The lowest BCUT2D eigenvalue weighted by molar-refractivity contribution is -0.183. The first kappa shape index (κ1) is 23.4. The quantitative estimate of drug-likeness (QED) is 0.657. The molecule has 0 saturated heterocycles. The summed E-state index contributed by atoms with van der Waals surface area (Å²) in [5.74, 6) is -0.652. The van der Waals surface area contributed by atoms with Gasteiger partial charge in [-0.2, -0.15) is 0 Å². The number of aliphatic hydroxyl groups is 2. The molecule has 7 atom stereocenters. The number of ketones is 2. The third kappa shape index (κ3) is 3.18. The summed E-state index contributed by atoms with van der Waals surface area (Å²) in [6.07, 6.45) is 5.38. The number of benzene rings is 1. The summed E-state index contributed by atoms with van der Waals surface area (Å²) in [5, 5.41) is 21.5. The Labute approximate surface area is 200 Å². The normalized spacial score (nSPS) is 41.1. The number of aliphatic hydroxyl groups excluding tert-OH is 2. The molecule has 3 saturated carbocycles. The van der Waals surface area contributed by atoms with Crippen LogP contribution in [0, 0.1) is 28.6 Å². The van der Waals surface area contributed by atoms with Crippen molar-refractivity contribution in [2.75, 3.05) is 6.61 Å². The lowest BCUT2D eigenvalue weighted by Crippen LogP contribution is -2.63. The Hall–Kier alpha value is -2.31. The Bertz CT molecular complexity index is 1050. The van der Waals surface area contributed by atoms with Gasteiger partial charge in [-0.1, -0.05) is 37.6 Å². The summed E-state index contributed by atoms with van der Waals surface area (Å²) in [7, 11) is 0. The molecule has 1 aromatic carbocycles. The second-order valence-electron chi connectivity index (χ2n) is 11.3. The van der Waals surface area contributed by atoms with Gasteiger partial charge in [0.2, 0.25) is 5.78 Å². The fraction of sp³-hybridized carbons (Fsp3) is 0.607. The zero-order chi connectivity index (χ0) is 24.3. The maximum atomic E-state index is 13.3. The zero-order valence-corrected chi connectivity index (χ0v) is 20.0. The van der Waals surface area contributed by atoms with Crippen molar-refractivity contribution in [1.29, 1.82) is 0 Å². The summed E-state index contributed by atoms with van der Waals surface area (Å²) < 4.78 is 6.07. The second kappa shape index (κ2) is 8.13. The Morgan fingerprint density at radius 2 is 1.82 bits per heavy atom. The maximum Gasteiger partial charge on any atom is 0.339 e. The van der Waals surface area contributed by atoms with E-state index < -0.39 is 35.5 Å². The van der Waals surface area contributed by atoms with Gasteiger partial charge in [-0.05, 0) is 79.9 Å². The van der Waals surface area contributed by atoms with Crippen LogP contribution in [0.5, 0.6) is 0 Å². The molecule has 0 aromatic heterocycles. The van der Waals surface area contributed by atoms with Crippen LogP contribution in [0.2, 0.25) is 0 Å². The summed E-state index contributed by atoms with van der Waals surface area (Å²) in [6, 6.07) is 8.60. The molecule has 4 aliphatic carbocycles. The van der Waals surface area contributed by atoms with Crippen LogP contribution < -0.4 is 0 Å². The highest BCUT2D eigenvalue weighted by atomic mass is 16.6. The third-order valence-corrected chi connectivity index (χ3v) is 9.89. The van der Waals surface area contributed by atoms with Crippen molar-refractivity contribution < 1.29 is 29.3 Å². The first-order chi connectivity index (χ1) is 16.2. The lowest BCUT2D eigenvalue weighted by atomic mass is 9.45. The predicted molar refractivity (Wildman–Crippen MR) is 125 cm³/mol. The maximum absolute atomic E-state index is 13.3. The molecule has 0 aliphatic heterocycles. The first-order valence-corrected chi connectivity index (χ1v) is 12.5. The molecule has 0 heterocycles. The molecule has 6 nitrogen and oxygen atoms in total. The van der Waals surface area contributed by atoms with E-state index in [1.807, 2.05) is 6.92 Å². The van der Waals surface area contributed by atoms with E-state index in [0.29, 0.717) is 31.2 Å². The van der Waals surface area contributed by atoms with E-state index in [0.717, 1.165) is 24.8 Å². The van der Waals surface area contributed by atoms with E-state index >= 15 is 0 Å². The van der Waals surface area contributed by atoms with Crippen LogP contribution >= 0.6 is 0 Å². The fourth-order valence-corrected chi connectivity index (χ4v) is 8.28. The average molecular weight is 467 g/mol. The number of fused-ring (bicyclic) bond motifs is 5. The van der Waals surface area contributed by atoms with Gasteiger partial charge in [-0.15, -0.1) is 0 Å². The van der Waals surface area contributed by atoms with Gasteiger partial charge >= 0.3 is 5.97 Å². The average Bonchev–Trinajstić information content (AvgIpc) is 3.11. The summed E-state index contributed by atoms with van der Waals surface area (Å²) in [6.45, 7) is 3.44. The van der Waals surface area contributed by atoms with E-state index in [9.17, 15) is 24.6 Å². The highest BCUT2D eigenvalue weighted by molar-refractivity contribution is 5.96. The third-order valence-electron chi connectivity index (χ3n) is 9.89. The predicted octanol–water partition coefficient (Wildman–Crippen LogP) is 3.65. The van der Waals surface area contributed by atoms with Crippen LogP contribution in [0.25, 0.3) is 0 Å². The van der Waals surface area contributed by atoms with Gasteiger partial charge in [0.05, 0.1) is 11.7 Å². The fourth-order valence-electron chi connectivity index (χ4n) is 8.28. The summed E-state index contributed by atoms with van der Waals surface area (Å²) in [4.78, 5) is 38.5. The van der Waals surface area contributed by atoms with E-state index in [1.54, 1.807) is 36.4 Å². The molecule has 2 N–H and O–H groups in total. The van der Waals surface area contributed by atoms with Crippen LogP contribution in [-0.4, -0.2) is 46.1 Å². The SMILES string of the molecule is C[C@]12CCC(=O)C=C1CC[C@@H]1[C@@H]2[C@@H](O)C[C@@]2(C)[C@H]1CC[C@@]2(OC(=O)c1ccccc1)C(=O)CO. The van der Waals surface area contributed by atoms with Crippen molar-refractivity contribution >= 4 is 17.5 Å². The number of carbonyl (C=O) groups excluding carboxylic acids is 3. The highest BCUT2D eigenvalue weighted by Gasteiger charge is 2.70. The van der Waals surface area contributed by atoms with Gasteiger partial charge in [0.25, 0.3) is 0 Å². The molecular weight excluding hydrogens is 432 g/mol. The van der Waals surface area contributed by atoms with Crippen molar-refractivity contribution in [2.24, 2.45) is 28.6 Å². The van der Waals surface area contributed by atoms with Crippen molar-refractivity contribution in [1.82, 2.24) is 0 Å². The highest BCUT2D eigenvalue weighted by Crippen LogP contribution is 2.68.